The van der Waals surface area contributed by atoms with E-state index < -0.39 is 0 Å². The Morgan fingerprint density at radius 2 is 2.38 bits per heavy atom. The van der Waals surface area contributed by atoms with Crippen LogP contribution in [0.2, 0.25) is 0 Å². The Morgan fingerprint density at radius 1 is 1.50 bits per heavy atom. The highest BCUT2D eigenvalue weighted by atomic mass is 15.3. The Bertz CT molecular complexity index is 402. The standard InChI is InChI=1S/C13H19N3/c1-2-9-5-11(3-4-13(9)14)16-8-10-6-12(16)7-15-10/h3-5,10,12,15H,2,6-8,14H2,1H3/t10-,12-/m0/s1. The van der Waals surface area contributed by atoms with Crippen LogP contribution >= 0.6 is 0 Å². The van der Waals surface area contributed by atoms with E-state index in [0.717, 1.165) is 25.2 Å². The summed E-state index contributed by atoms with van der Waals surface area (Å²) in [7, 11) is 0. The summed E-state index contributed by atoms with van der Waals surface area (Å²) in [6.45, 7) is 4.45. The maximum atomic E-state index is 5.94. The molecule has 0 saturated carbocycles. The molecule has 1 aromatic rings. The van der Waals surface area contributed by atoms with Crippen molar-refractivity contribution in [2.24, 2.45) is 0 Å². The summed E-state index contributed by atoms with van der Waals surface area (Å²) < 4.78 is 0. The van der Waals surface area contributed by atoms with Gasteiger partial charge in [-0.15, -0.1) is 0 Å². The second kappa shape index (κ2) is 3.67. The number of rotatable bonds is 2. The van der Waals surface area contributed by atoms with Gasteiger partial charge in [-0.25, -0.2) is 0 Å². The first-order valence-electron chi connectivity index (χ1n) is 6.16. The number of nitrogens with zero attached hydrogens (tertiary/aromatic N) is 1. The van der Waals surface area contributed by atoms with Gasteiger partial charge in [0.05, 0.1) is 0 Å². The molecule has 0 aromatic heterocycles. The van der Waals surface area contributed by atoms with Gasteiger partial charge in [0.1, 0.15) is 0 Å². The maximum absolute atomic E-state index is 5.94. The molecule has 2 saturated heterocycles. The number of piperazine rings is 1. The molecular weight excluding hydrogens is 198 g/mol. The van der Waals surface area contributed by atoms with Gasteiger partial charge in [0.15, 0.2) is 0 Å². The van der Waals surface area contributed by atoms with Gasteiger partial charge in [-0.2, -0.15) is 0 Å². The second-order valence-corrected chi connectivity index (χ2v) is 4.88. The summed E-state index contributed by atoms with van der Waals surface area (Å²) in [6, 6.07) is 7.87. The number of anilines is 2. The van der Waals surface area contributed by atoms with Gasteiger partial charge < -0.3 is 16.0 Å². The summed E-state index contributed by atoms with van der Waals surface area (Å²) >= 11 is 0. The van der Waals surface area contributed by atoms with E-state index in [9.17, 15) is 0 Å². The number of nitrogens with one attached hydrogen (secondary N) is 1. The molecule has 3 nitrogen and oxygen atoms in total. The lowest BCUT2D eigenvalue weighted by molar-refractivity contribution is 0.580. The average molecular weight is 217 g/mol. The fraction of sp³-hybridized carbons (Fsp3) is 0.538. The number of fused-ring (bicyclic) bond motifs is 2. The fourth-order valence-corrected chi connectivity index (χ4v) is 2.95. The Hall–Kier alpha value is -1.22. The van der Waals surface area contributed by atoms with Crippen LogP contribution in [0.4, 0.5) is 11.4 Å². The molecule has 0 unspecified atom stereocenters. The lowest BCUT2D eigenvalue weighted by atomic mass is 10.1. The van der Waals surface area contributed by atoms with Crippen molar-refractivity contribution in [3.63, 3.8) is 0 Å². The summed E-state index contributed by atoms with van der Waals surface area (Å²) in [5, 5.41) is 3.53. The van der Waals surface area contributed by atoms with E-state index in [1.165, 1.54) is 17.7 Å². The van der Waals surface area contributed by atoms with E-state index in [-0.39, 0.29) is 0 Å². The average Bonchev–Trinajstić information content (AvgIpc) is 2.91. The van der Waals surface area contributed by atoms with Crippen molar-refractivity contribution in [1.82, 2.24) is 5.32 Å². The molecule has 0 amide bonds. The molecule has 2 heterocycles. The Balaban J connectivity index is 1.89. The predicted octanol–water partition coefficient (Wildman–Crippen LogP) is 1.38. The zero-order valence-electron chi connectivity index (χ0n) is 9.74. The van der Waals surface area contributed by atoms with Crippen molar-refractivity contribution < 1.29 is 0 Å². The van der Waals surface area contributed by atoms with Crippen LogP contribution in [0.25, 0.3) is 0 Å². The van der Waals surface area contributed by atoms with Crippen LogP contribution in [0.1, 0.15) is 18.9 Å². The summed E-state index contributed by atoms with van der Waals surface area (Å²) in [5.41, 5.74) is 9.49. The Kier molecular flexibility index (Phi) is 2.28. The van der Waals surface area contributed by atoms with Crippen molar-refractivity contribution in [3.8, 4) is 0 Å². The molecule has 0 aliphatic carbocycles. The first-order chi connectivity index (χ1) is 7.78. The summed E-state index contributed by atoms with van der Waals surface area (Å²) in [5.74, 6) is 0. The fourth-order valence-electron chi connectivity index (χ4n) is 2.95. The van der Waals surface area contributed by atoms with E-state index in [0.29, 0.717) is 12.1 Å². The van der Waals surface area contributed by atoms with Crippen LogP contribution in [0.15, 0.2) is 18.2 Å². The molecule has 16 heavy (non-hydrogen) atoms. The van der Waals surface area contributed by atoms with E-state index >= 15 is 0 Å². The van der Waals surface area contributed by atoms with Gasteiger partial charge in [-0.3, -0.25) is 0 Å². The minimum absolute atomic E-state index is 0.693. The third-order valence-corrected chi connectivity index (χ3v) is 3.90. The molecule has 2 atom stereocenters. The minimum Gasteiger partial charge on any atom is -0.399 e. The van der Waals surface area contributed by atoms with E-state index in [1.807, 2.05) is 6.07 Å². The van der Waals surface area contributed by atoms with Gasteiger partial charge >= 0.3 is 0 Å². The Morgan fingerprint density at radius 3 is 3.00 bits per heavy atom. The lowest BCUT2D eigenvalue weighted by Crippen LogP contribution is -2.43. The number of hydrogen-bond donors (Lipinski definition) is 2. The molecular formula is C13H19N3. The van der Waals surface area contributed by atoms with Crippen molar-refractivity contribution in [2.75, 3.05) is 23.7 Å². The van der Waals surface area contributed by atoms with Crippen molar-refractivity contribution in [3.05, 3.63) is 23.8 Å². The van der Waals surface area contributed by atoms with Gasteiger partial charge in [0.2, 0.25) is 0 Å². The van der Waals surface area contributed by atoms with E-state index in [1.54, 1.807) is 0 Å². The molecule has 2 aliphatic heterocycles. The predicted molar refractivity (Wildman–Crippen MR) is 67.8 cm³/mol. The molecule has 2 bridgehead atoms. The van der Waals surface area contributed by atoms with Crippen molar-refractivity contribution >= 4 is 11.4 Å². The quantitative estimate of drug-likeness (QED) is 0.735. The van der Waals surface area contributed by atoms with Crippen LogP contribution in [0.3, 0.4) is 0 Å². The van der Waals surface area contributed by atoms with Crippen LogP contribution in [-0.4, -0.2) is 25.2 Å². The topological polar surface area (TPSA) is 41.3 Å². The summed E-state index contributed by atoms with van der Waals surface area (Å²) in [4.78, 5) is 2.53. The Labute approximate surface area is 96.6 Å². The first kappa shape index (κ1) is 9.97. The third kappa shape index (κ3) is 1.47. The molecule has 3 N–H and O–H groups in total. The van der Waals surface area contributed by atoms with Crippen LogP contribution in [0, 0.1) is 0 Å². The molecule has 1 aromatic carbocycles. The number of aryl methyl sites for hydroxylation is 1. The third-order valence-electron chi connectivity index (χ3n) is 3.90. The zero-order valence-corrected chi connectivity index (χ0v) is 9.74. The van der Waals surface area contributed by atoms with E-state index in [4.69, 9.17) is 5.73 Å². The smallest absolute Gasteiger partial charge is 0.0430 e. The van der Waals surface area contributed by atoms with E-state index in [2.05, 4.69) is 29.3 Å². The maximum Gasteiger partial charge on any atom is 0.0430 e. The van der Waals surface area contributed by atoms with Crippen molar-refractivity contribution in [1.29, 1.82) is 0 Å². The molecule has 2 aliphatic rings. The monoisotopic (exact) mass is 217 g/mol. The van der Waals surface area contributed by atoms with Crippen LogP contribution in [-0.2, 0) is 6.42 Å². The lowest BCUT2D eigenvalue weighted by Gasteiger charge is -2.30. The highest BCUT2D eigenvalue weighted by Gasteiger charge is 2.37. The molecule has 3 heteroatoms. The number of nitrogen functional groups attached to an aromatic ring is 1. The number of benzene rings is 1. The highest BCUT2D eigenvalue weighted by Crippen LogP contribution is 2.31. The minimum atomic E-state index is 0.693. The number of hydrogen-bond acceptors (Lipinski definition) is 3. The zero-order chi connectivity index (χ0) is 11.1. The molecule has 86 valence electrons. The SMILES string of the molecule is CCc1cc(N2C[C@@H]3C[C@H]2CN3)ccc1N. The highest BCUT2D eigenvalue weighted by molar-refractivity contribution is 5.60. The second-order valence-electron chi connectivity index (χ2n) is 4.88. The van der Waals surface area contributed by atoms with Crippen LogP contribution in [0.5, 0.6) is 0 Å². The van der Waals surface area contributed by atoms with Crippen molar-refractivity contribution in [2.45, 2.75) is 31.8 Å². The number of nitrogens with two attached hydrogens (primary N) is 1. The van der Waals surface area contributed by atoms with Gasteiger partial charge in [0.25, 0.3) is 0 Å². The summed E-state index contributed by atoms with van der Waals surface area (Å²) in [6.07, 6.45) is 2.31. The molecule has 0 radical (unpaired) electrons. The van der Waals surface area contributed by atoms with Gasteiger partial charge in [-0.05, 0) is 36.6 Å². The first-order valence-corrected chi connectivity index (χ1v) is 6.16. The molecule has 0 spiro atoms. The molecule has 2 fully saturated rings. The molecule has 3 rings (SSSR count). The van der Waals surface area contributed by atoms with Gasteiger partial charge in [-0.1, -0.05) is 6.92 Å². The largest absolute Gasteiger partial charge is 0.399 e. The van der Waals surface area contributed by atoms with Gasteiger partial charge in [0, 0.05) is 36.5 Å². The normalized spacial score (nSPS) is 27.7. The van der Waals surface area contributed by atoms with Crippen LogP contribution < -0.4 is 16.0 Å².